The number of benzene rings is 8. The lowest BCUT2D eigenvalue weighted by atomic mass is 9.93. The number of nitrogens with zero attached hydrogens (tertiary/aromatic N) is 2. The van der Waals surface area contributed by atoms with Crippen molar-refractivity contribution >= 4 is 42.3 Å². The highest BCUT2D eigenvalue weighted by atomic mass is 32.1. The highest BCUT2D eigenvalue weighted by Crippen LogP contribution is 2.43. The van der Waals surface area contributed by atoms with Crippen LogP contribution in [0.25, 0.3) is 98.2 Å². The molecule has 3 heteroatoms. The maximum absolute atomic E-state index is 5.39. The van der Waals surface area contributed by atoms with Crippen molar-refractivity contribution in [3.05, 3.63) is 194 Å². The molecule has 0 spiro atoms. The molecule has 8 aromatic carbocycles. The first-order valence-corrected chi connectivity index (χ1v) is 18.7. The lowest BCUT2D eigenvalue weighted by Crippen LogP contribution is -1.98. The fraction of sp³-hybridized carbons (Fsp3) is 0. The lowest BCUT2D eigenvalue weighted by Gasteiger charge is -2.15. The van der Waals surface area contributed by atoms with Gasteiger partial charge in [-0.3, -0.25) is 0 Å². The van der Waals surface area contributed by atoms with Gasteiger partial charge in [-0.25, -0.2) is 9.97 Å². The van der Waals surface area contributed by atoms with Gasteiger partial charge < -0.3 is 0 Å². The minimum atomic E-state index is 0.699. The van der Waals surface area contributed by atoms with Crippen molar-refractivity contribution in [2.75, 3.05) is 0 Å². The molecular formula is C50H32N2S. The van der Waals surface area contributed by atoms with E-state index in [1.54, 1.807) is 0 Å². The van der Waals surface area contributed by atoms with E-state index in [1.807, 2.05) is 17.4 Å². The zero-order valence-corrected chi connectivity index (χ0v) is 29.6. The van der Waals surface area contributed by atoms with Crippen molar-refractivity contribution in [1.29, 1.82) is 0 Å². The Morgan fingerprint density at radius 2 is 0.925 bits per heavy atom. The molecule has 0 bridgehead atoms. The highest BCUT2D eigenvalue weighted by Gasteiger charge is 2.17. The first kappa shape index (κ1) is 31.1. The molecule has 0 atom stereocenters. The second kappa shape index (κ2) is 13.1. The van der Waals surface area contributed by atoms with E-state index in [2.05, 4.69) is 188 Å². The van der Waals surface area contributed by atoms with Crippen molar-refractivity contribution in [3.63, 3.8) is 0 Å². The molecule has 0 saturated heterocycles. The molecule has 0 fully saturated rings. The fourth-order valence-electron chi connectivity index (χ4n) is 7.46. The average molecular weight is 693 g/mol. The van der Waals surface area contributed by atoms with Gasteiger partial charge in [0.25, 0.3) is 0 Å². The van der Waals surface area contributed by atoms with Crippen molar-refractivity contribution in [2.45, 2.75) is 0 Å². The largest absolute Gasteiger partial charge is 0.228 e. The predicted molar refractivity (Wildman–Crippen MR) is 225 cm³/mol. The Labute approximate surface area is 312 Å². The van der Waals surface area contributed by atoms with Crippen LogP contribution >= 0.6 is 11.3 Å². The third-order valence-corrected chi connectivity index (χ3v) is 11.3. The first-order valence-electron chi connectivity index (χ1n) is 17.9. The summed E-state index contributed by atoms with van der Waals surface area (Å²) in [6.45, 7) is 0. The summed E-state index contributed by atoms with van der Waals surface area (Å²) in [5, 5.41) is 5.03. The van der Waals surface area contributed by atoms with Crippen LogP contribution in [0.1, 0.15) is 0 Å². The van der Waals surface area contributed by atoms with Crippen molar-refractivity contribution in [1.82, 2.24) is 9.97 Å². The number of fused-ring (bicyclic) bond motifs is 4. The normalized spacial score (nSPS) is 11.4. The summed E-state index contributed by atoms with van der Waals surface area (Å²) >= 11 is 1.86. The maximum Gasteiger partial charge on any atom is 0.161 e. The third-order valence-electron chi connectivity index (χ3n) is 10.1. The van der Waals surface area contributed by atoms with Crippen molar-refractivity contribution < 1.29 is 0 Å². The molecule has 2 nitrogen and oxygen atoms in total. The molecule has 248 valence electrons. The van der Waals surface area contributed by atoms with Crippen LogP contribution in [0.5, 0.6) is 0 Å². The van der Waals surface area contributed by atoms with Crippen LogP contribution in [0.2, 0.25) is 0 Å². The summed E-state index contributed by atoms with van der Waals surface area (Å²) in [7, 11) is 0. The van der Waals surface area contributed by atoms with Gasteiger partial charge >= 0.3 is 0 Å². The number of hydrogen-bond donors (Lipinski definition) is 0. The van der Waals surface area contributed by atoms with E-state index in [1.165, 1.54) is 42.1 Å². The first-order chi connectivity index (χ1) is 26.2. The Morgan fingerprint density at radius 3 is 1.75 bits per heavy atom. The van der Waals surface area contributed by atoms with Crippen molar-refractivity contribution in [3.8, 4) is 67.3 Å². The van der Waals surface area contributed by atoms with Crippen LogP contribution < -0.4 is 0 Å². The van der Waals surface area contributed by atoms with Crippen LogP contribution in [0.15, 0.2) is 194 Å². The molecule has 0 aliphatic carbocycles. The summed E-state index contributed by atoms with van der Waals surface area (Å²) < 4.78 is 2.59. The molecule has 0 radical (unpaired) electrons. The van der Waals surface area contributed by atoms with Crippen LogP contribution in [0.4, 0.5) is 0 Å². The summed E-state index contributed by atoms with van der Waals surface area (Å²) in [4.78, 5) is 10.6. The Bertz CT molecular complexity index is 2950. The number of aromatic nitrogens is 2. The standard InChI is InChI=1S/C50H32N2S/c1-3-15-34(16-4-1)41-20-9-10-22-45(41)50-51-46(35-17-5-2-6-18-35)32-47(52-50)40-30-38(37-27-26-33-14-7-8-19-36(33)28-37)29-39(31-40)42-23-13-24-44-43-21-11-12-25-48(43)53-49(42)44/h1-32H. The molecule has 0 aliphatic rings. The van der Waals surface area contributed by atoms with Gasteiger partial charge in [0.2, 0.25) is 0 Å². The molecule has 0 amide bonds. The minimum Gasteiger partial charge on any atom is -0.228 e. The number of thiophene rings is 1. The summed E-state index contributed by atoms with van der Waals surface area (Å²) in [6, 6.07) is 69.2. The Hall–Kier alpha value is -6.68. The van der Waals surface area contributed by atoms with E-state index in [0.717, 1.165) is 50.3 Å². The van der Waals surface area contributed by atoms with Gasteiger partial charge in [0.15, 0.2) is 5.82 Å². The highest BCUT2D eigenvalue weighted by molar-refractivity contribution is 7.26. The SMILES string of the molecule is c1ccc(-c2cc(-c3cc(-c4ccc5ccccc5c4)cc(-c4cccc5c4sc4ccccc45)c3)nc(-c3ccccc3-c3ccccc3)n2)cc1. The molecular weight excluding hydrogens is 661 g/mol. The van der Waals surface area contributed by atoms with Gasteiger partial charge in [-0.1, -0.05) is 158 Å². The van der Waals surface area contributed by atoms with Gasteiger partial charge in [0.1, 0.15) is 0 Å². The Balaban J connectivity index is 1.23. The van der Waals surface area contributed by atoms with E-state index in [4.69, 9.17) is 9.97 Å². The van der Waals surface area contributed by atoms with E-state index in [0.29, 0.717) is 5.82 Å². The van der Waals surface area contributed by atoms with Crippen LogP contribution in [0.3, 0.4) is 0 Å². The molecule has 10 aromatic rings. The lowest BCUT2D eigenvalue weighted by molar-refractivity contribution is 1.18. The van der Waals surface area contributed by atoms with Gasteiger partial charge in [-0.2, -0.15) is 0 Å². The van der Waals surface area contributed by atoms with Gasteiger partial charge in [0.05, 0.1) is 11.4 Å². The topological polar surface area (TPSA) is 25.8 Å². The zero-order chi connectivity index (χ0) is 35.1. The van der Waals surface area contributed by atoms with Gasteiger partial charge in [-0.05, 0) is 80.6 Å². The molecule has 2 aromatic heterocycles. The smallest absolute Gasteiger partial charge is 0.161 e. The maximum atomic E-state index is 5.39. The Kier molecular flexibility index (Phi) is 7.71. The van der Waals surface area contributed by atoms with Crippen molar-refractivity contribution in [2.24, 2.45) is 0 Å². The molecule has 10 rings (SSSR count). The second-order valence-electron chi connectivity index (χ2n) is 13.4. The molecule has 0 saturated carbocycles. The molecule has 53 heavy (non-hydrogen) atoms. The van der Waals surface area contributed by atoms with Crippen LogP contribution in [-0.4, -0.2) is 9.97 Å². The van der Waals surface area contributed by atoms with E-state index in [9.17, 15) is 0 Å². The fourth-order valence-corrected chi connectivity index (χ4v) is 8.70. The quantitative estimate of drug-likeness (QED) is 0.173. The number of hydrogen-bond acceptors (Lipinski definition) is 3. The minimum absolute atomic E-state index is 0.699. The number of rotatable bonds is 6. The monoisotopic (exact) mass is 692 g/mol. The predicted octanol–water partition coefficient (Wildman–Crippen LogP) is 14.0. The van der Waals surface area contributed by atoms with Gasteiger partial charge in [-0.15, -0.1) is 11.3 Å². The summed E-state index contributed by atoms with van der Waals surface area (Å²) in [6.07, 6.45) is 0. The second-order valence-corrected chi connectivity index (χ2v) is 14.4. The average Bonchev–Trinajstić information content (AvgIpc) is 3.63. The van der Waals surface area contributed by atoms with E-state index < -0.39 is 0 Å². The zero-order valence-electron chi connectivity index (χ0n) is 28.8. The van der Waals surface area contributed by atoms with Crippen LogP contribution in [0, 0.1) is 0 Å². The Morgan fingerprint density at radius 1 is 0.321 bits per heavy atom. The molecule has 0 aliphatic heterocycles. The molecule has 0 unspecified atom stereocenters. The molecule has 2 heterocycles. The van der Waals surface area contributed by atoms with E-state index >= 15 is 0 Å². The van der Waals surface area contributed by atoms with E-state index in [-0.39, 0.29) is 0 Å². The summed E-state index contributed by atoms with van der Waals surface area (Å²) in [5.41, 5.74) is 11.8. The third kappa shape index (κ3) is 5.78. The summed E-state index contributed by atoms with van der Waals surface area (Å²) in [5.74, 6) is 0.699. The van der Waals surface area contributed by atoms with Gasteiger partial charge in [0, 0.05) is 36.9 Å². The van der Waals surface area contributed by atoms with Crippen LogP contribution in [-0.2, 0) is 0 Å². The molecule has 0 N–H and O–H groups in total.